The minimum absolute atomic E-state index is 0. The van der Waals surface area contributed by atoms with E-state index in [1.54, 1.807) is 0 Å². The minimum Gasteiger partial charge on any atom is -0.375 e. The molecule has 0 bridgehead atoms. The van der Waals surface area contributed by atoms with Gasteiger partial charge < -0.3 is 19.7 Å². The highest BCUT2D eigenvalue weighted by molar-refractivity contribution is 9.10. The normalized spacial score (nSPS) is 28.1. The van der Waals surface area contributed by atoms with E-state index in [0.717, 1.165) is 16.6 Å². The Hall–Kier alpha value is -0.660. The molecule has 1 amide bonds. The molecule has 0 radical (unpaired) electrons. The van der Waals surface area contributed by atoms with Crippen molar-refractivity contribution in [2.75, 3.05) is 32.8 Å². The van der Waals surface area contributed by atoms with Crippen LogP contribution in [0.4, 0.5) is 0 Å². The highest BCUT2D eigenvalue weighted by atomic mass is 79.9. The third-order valence-corrected chi connectivity index (χ3v) is 4.73. The van der Waals surface area contributed by atoms with Gasteiger partial charge in [0.05, 0.1) is 25.9 Å². The second kappa shape index (κ2) is 8.44. The van der Waals surface area contributed by atoms with E-state index in [4.69, 9.17) is 9.47 Å². The standard InChI is InChI=1S/C16H21BrN2O3.ClH/c1-11-15(18-6-8-21-11)16(20)19-7-9-22-14(10-19)12-2-4-13(17)5-3-12;/h2-5,11,14-15,18H,6-10H2,1H3;1H/t11-,14?,15+;/m1./s1. The average Bonchev–Trinajstić information content (AvgIpc) is 2.55. The molecule has 0 aromatic heterocycles. The van der Waals surface area contributed by atoms with Gasteiger partial charge in [0.15, 0.2) is 0 Å². The van der Waals surface area contributed by atoms with Gasteiger partial charge in [-0.05, 0) is 24.6 Å². The van der Waals surface area contributed by atoms with Gasteiger partial charge in [-0.25, -0.2) is 0 Å². The molecule has 5 nitrogen and oxygen atoms in total. The van der Waals surface area contributed by atoms with Crippen molar-refractivity contribution >= 4 is 34.2 Å². The predicted octanol–water partition coefficient (Wildman–Crippen LogP) is 2.15. The average molecular weight is 406 g/mol. The van der Waals surface area contributed by atoms with Crippen molar-refractivity contribution in [2.24, 2.45) is 0 Å². The summed E-state index contributed by atoms with van der Waals surface area (Å²) in [6.45, 7) is 5.12. The van der Waals surface area contributed by atoms with Crippen LogP contribution in [0.5, 0.6) is 0 Å². The number of hydrogen-bond donors (Lipinski definition) is 1. The number of rotatable bonds is 2. The Morgan fingerprint density at radius 2 is 2.00 bits per heavy atom. The first-order valence-electron chi connectivity index (χ1n) is 7.66. The topological polar surface area (TPSA) is 50.8 Å². The van der Waals surface area contributed by atoms with Gasteiger partial charge in [-0.2, -0.15) is 0 Å². The van der Waals surface area contributed by atoms with Crippen LogP contribution < -0.4 is 5.32 Å². The molecule has 1 aromatic rings. The van der Waals surface area contributed by atoms with E-state index in [0.29, 0.717) is 26.3 Å². The number of ether oxygens (including phenoxy) is 2. The first-order valence-corrected chi connectivity index (χ1v) is 8.45. The molecule has 128 valence electrons. The summed E-state index contributed by atoms with van der Waals surface area (Å²) in [7, 11) is 0. The molecule has 0 aliphatic carbocycles. The highest BCUT2D eigenvalue weighted by Crippen LogP contribution is 2.24. The van der Waals surface area contributed by atoms with Gasteiger partial charge in [0.25, 0.3) is 0 Å². The fraction of sp³-hybridized carbons (Fsp3) is 0.562. The first-order chi connectivity index (χ1) is 10.6. The van der Waals surface area contributed by atoms with E-state index in [-0.39, 0.29) is 36.6 Å². The molecule has 2 heterocycles. The number of benzene rings is 1. The van der Waals surface area contributed by atoms with Crippen LogP contribution in [-0.2, 0) is 14.3 Å². The SMILES string of the molecule is C[C@H]1OCCN[C@@H]1C(=O)N1CCOC(c2ccc(Br)cc2)C1.Cl. The lowest BCUT2D eigenvalue weighted by Crippen LogP contribution is -2.58. The molecule has 2 saturated heterocycles. The lowest BCUT2D eigenvalue weighted by Gasteiger charge is -2.38. The molecule has 2 aliphatic rings. The van der Waals surface area contributed by atoms with Gasteiger partial charge in [-0.3, -0.25) is 4.79 Å². The maximum absolute atomic E-state index is 12.7. The van der Waals surface area contributed by atoms with E-state index in [1.807, 2.05) is 36.1 Å². The van der Waals surface area contributed by atoms with Gasteiger partial charge in [0, 0.05) is 17.6 Å². The van der Waals surface area contributed by atoms with Gasteiger partial charge >= 0.3 is 0 Å². The summed E-state index contributed by atoms with van der Waals surface area (Å²) < 4.78 is 12.5. The minimum atomic E-state index is -0.252. The Bertz CT molecular complexity index is 529. The Morgan fingerprint density at radius 3 is 2.70 bits per heavy atom. The Kier molecular flexibility index (Phi) is 6.85. The Balaban J connectivity index is 0.00000192. The lowest BCUT2D eigenvalue weighted by molar-refractivity contribution is -0.147. The molecule has 0 spiro atoms. The van der Waals surface area contributed by atoms with Crippen molar-refractivity contribution in [1.82, 2.24) is 10.2 Å². The van der Waals surface area contributed by atoms with Crippen LogP contribution in [0, 0.1) is 0 Å². The summed E-state index contributed by atoms with van der Waals surface area (Å²) in [5, 5.41) is 3.26. The van der Waals surface area contributed by atoms with E-state index in [9.17, 15) is 4.79 Å². The summed E-state index contributed by atoms with van der Waals surface area (Å²) in [4.78, 5) is 14.6. The Morgan fingerprint density at radius 1 is 1.26 bits per heavy atom. The largest absolute Gasteiger partial charge is 0.375 e. The molecule has 1 aromatic carbocycles. The summed E-state index contributed by atoms with van der Waals surface area (Å²) in [6, 6.07) is 7.81. The number of carbonyl (C=O) groups excluding carboxylic acids is 1. The van der Waals surface area contributed by atoms with Crippen LogP contribution in [0.25, 0.3) is 0 Å². The molecule has 0 saturated carbocycles. The maximum atomic E-state index is 12.7. The third-order valence-electron chi connectivity index (χ3n) is 4.20. The second-order valence-corrected chi connectivity index (χ2v) is 6.62. The van der Waals surface area contributed by atoms with Crippen LogP contribution in [-0.4, -0.2) is 55.8 Å². The van der Waals surface area contributed by atoms with Crippen LogP contribution in [0.2, 0.25) is 0 Å². The smallest absolute Gasteiger partial charge is 0.242 e. The number of carbonyl (C=O) groups is 1. The van der Waals surface area contributed by atoms with Crippen molar-refractivity contribution < 1.29 is 14.3 Å². The first kappa shape index (κ1) is 18.7. The zero-order valence-corrected chi connectivity index (χ0v) is 15.4. The van der Waals surface area contributed by atoms with Gasteiger partial charge in [-0.1, -0.05) is 28.1 Å². The number of nitrogens with zero attached hydrogens (tertiary/aromatic N) is 1. The zero-order chi connectivity index (χ0) is 15.5. The highest BCUT2D eigenvalue weighted by Gasteiger charge is 2.34. The molecule has 2 aliphatic heterocycles. The van der Waals surface area contributed by atoms with E-state index in [1.165, 1.54) is 0 Å². The van der Waals surface area contributed by atoms with Crippen LogP contribution in [0.1, 0.15) is 18.6 Å². The summed E-state index contributed by atoms with van der Waals surface area (Å²) in [6.07, 6.45) is -0.152. The second-order valence-electron chi connectivity index (χ2n) is 5.70. The molecule has 3 rings (SSSR count). The maximum Gasteiger partial charge on any atom is 0.242 e. The number of morpholine rings is 2. The molecular weight excluding hydrogens is 384 g/mol. The molecular formula is C16H22BrClN2O3. The van der Waals surface area contributed by atoms with Crippen molar-refractivity contribution in [3.63, 3.8) is 0 Å². The van der Waals surface area contributed by atoms with Gasteiger partial charge in [0.1, 0.15) is 12.1 Å². The predicted molar refractivity (Wildman–Crippen MR) is 93.9 cm³/mol. The van der Waals surface area contributed by atoms with E-state index >= 15 is 0 Å². The molecule has 3 atom stereocenters. The summed E-state index contributed by atoms with van der Waals surface area (Å²) in [5.74, 6) is 0.109. The van der Waals surface area contributed by atoms with Crippen LogP contribution >= 0.6 is 28.3 Å². The fourth-order valence-electron chi connectivity index (χ4n) is 2.93. The third kappa shape index (κ3) is 4.45. The molecule has 1 N–H and O–H groups in total. The summed E-state index contributed by atoms with van der Waals surface area (Å²) in [5.41, 5.74) is 1.10. The zero-order valence-electron chi connectivity index (χ0n) is 13.0. The number of amides is 1. The molecule has 1 unspecified atom stereocenters. The Labute approximate surface area is 151 Å². The van der Waals surface area contributed by atoms with Crippen molar-refractivity contribution in [3.8, 4) is 0 Å². The molecule has 2 fully saturated rings. The number of halogens is 2. The lowest BCUT2D eigenvalue weighted by atomic mass is 10.1. The monoisotopic (exact) mass is 404 g/mol. The van der Waals surface area contributed by atoms with E-state index < -0.39 is 0 Å². The van der Waals surface area contributed by atoms with Crippen LogP contribution in [0.15, 0.2) is 28.7 Å². The van der Waals surface area contributed by atoms with Gasteiger partial charge in [0.2, 0.25) is 5.91 Å². The van der Waals surface area contributed by atoms with Crippen LogP contribution in [0.3, 0.4) is 0 Å². The van der Waals surface area contributed by atoms with Crippen molar-refractivity contribution in [3.05, 3.63) is 34.3 Å². The fourth-order valence-corrected chi connectivity index (χ4v) is 3.20. The number of nitrogens with one attached hydrogen (secondary N) is 1. The quantitative estimate of drug-likeness (QED) is 0.819. The van der Waals surface area contributed by atoms with Gasteiger partial charge in [-0.15, -0.1) is 12.4 Å². The van der Waals surface area contributed by atoms with Crippen molar-refractivity contribution in [1.29, 1.82) is 0 Å². The molecule has 23 heavy (non-hydrogen) atoms. The van der Waals surface area contributed by atoms with E-state index in [2.05, 4.69) is 21.2 Å². The van der Waals surface area contributed by atoms with Crippen molar-refractivity contribution in [2.45, 2.75) is 25.2 Å². The summed E-state index contributed by atoms with van der Waals surface area (Å²) >= 11 is 3.44. The molecule has 7 heteroatoms. The number of hydrogen-bond acceptors (Lipinski definition) is 4.